The van der Waals surface area contributed by atoms with Crippen LogP contribution in [-0.2, 0) is 4.79 Å². The van der Waals surface area contributed by atoms with Crippen molar-refractivity contribution in [3.63, 3.8) is 0 Å². The third kappa shape index (κ3) is 10.1. The fraction of sp³-hybridized carbons (Fsp3) is 0.500. The van der Waals surface area contributed by atoms with Crippen LogP contribution in [0.4, 0.5) is 5.69 Å². The molecule has 1 unspecified atom stereocenters. The Kier molecular flexibility index (Phi) is 16.5. The van der Waals surface area contributed by atoms with Gasteiger partial charge in [-0.05, 0) is 25.0 Å². The van der Waals surface area contributed by atoms with E-state index in [-0.39, 0.29) is 12.5 Å². The Balaban J connectivity index is 0. The molecule has 0 bridgehead atoms. The van der Waals surface area contributed by atoms with Crippen LogP contribution in [0.3, 0.4) is 0 Å². The molecule has 7 heteroatoms. The van der Waals surface area contributed by atoms with E-state index in [1.54, 1.807) is 36.2 Å². The number of nitrogen functional groups attached to an aromatic ring is 1. The molecule has 7 nitrogen and oxygen atoms in total. The van der Waals surface area contributed by atoms with E-state index in [4.69, 9.17) is 16.2 Å². The van der Waals surface area contributed by atoms with Crippen molar-refractivity contribution in [3.8, 4) is 0 Å². The lowest BCUT2D eigenvalue weighted by Gasteiger charge is -2.31. The highest BCUT2D eigenvalue weighted by molar-refractivity contribution is 6.14. The number of amides is 1. The summed E-state index contributed by atoms with van der Waals surface area (Å²) in [6.07, 6.45) is 3.90. The molecule has 1 amide bonds. The third-order valence-corrected chi connectivity index (χ3v) is 3.47. The van der Waals surface area contributed by atoms with Gasteiger partial charge in [-0.3, -0.25) is 14.6 Å². The van der Waals surface area contributed by atoms with Crippen molar-refractivity contribution in [2.45, 2.75) is 40.5 Å². The standard InChI is InChI=1S/C13H16N2O3.C3H6N2.2C2H6/c14-11-6-2-1-5-10(11)12(16)15-7-3-4-9(8-15)13(17)18;1-5-3-2-4;2*1-2/h1-2,5-6,9H,3-4,7-8,14H2,(H,17,18);2-4H,1H3;2*1-2H3. The zero-order valence-corrected chi connectivity index (χ0v) is 17.1. The fourth-order valence-electron chi connectivity index (χ4n) is 2.30. The van der Waals surface area contributed by atoms with Gasteiger partial charge in [-0.25, -0.2) is 0 Å². The number of nitrogens with one attached hydrogen (secondary N) is 1. The molecule has 1 aromatic rings. The largest absolute Gasteiger partial charge is 0.481 e. The van der Waals surface area contributed by atoms with E-state index in [1.165, 1.54) is 6.21 Å². The average molecular weight is 379 g/mol. The van der Waals surface area contributed by atoms with Gasteiger partial charge in [-0.2, -0.15) is 0 Å². The van der Waals surface area contributed by atoms with Gasteiger partial charge in [0, 0.05) is 38.3 Å². The Morgan fingerprint density at radius 2 is 1.85 bits per heavy atom. The van der Waals surface area contributed by atoms with Gasteiger partial charge in [0.2, 0.25) is 0 Å². The molecule has 1 aliphatic heterocycles. The Bertz CT molecular complexity index is 588. The van der Waals surface area contributed by atoms with Crippen LogP contribution in [0.2, 0.25) is 0 Å². The summed E-state index contributed by atoms with van der Waals surface area (Å²) in [5.41, 5.74) is 6.64. The molecule has 27 heavy (non-hydrogen) atoms. The van der Waals surface area contributed by atoms with E-state index < -0.39 is 11.9 Å². The topological polar surface area (TPSA) is 120 Å². The molecule has 1 fully saturated rings. The van der Waals surface area contributed by atoms with Gasteiger partial charge in [-0.1, -0.05) is 39.8 Å². The lowest BCUT2D eigenvalue weighted by atomic mass is 9.97. The van der Waals surface area contributed by atoms with Gasteiger partial charge in [-0.15, -0.1) is 0 Å². The quantitative estimate of drug-likeness (QED) is 0.550. The minimum absolute atomic E-state index is 0.181. The number of hydrogen-bond donors (Lipinski definition) is 3. The van der Waals surface area contributed by atoms with E-state index >= 15 is 0 Å². The molecule has 1 atom stereocenters. The van der Waals surface area contributed by atoms with Crippen LogP contribution in [-0.4, -0.2) is 54.4 Å². The average Bonchev–Trinajstić information content (AvgIpc) is 2.72. The van der Waals surface area contributed by atoms with Gasteiger partial charge < -0.3 is 21.1 Å². The van der Waals surface area contributed by atoms with Crippen LogP contribution in [0.5, 0.6) is 0 Å². The van der Waals surface area contributed by atoms with Crippen molar-refractivity contribution in [2.24, 2.45) is 10.9 Å². The fourth-order valence-corrected chi connectivity index (χ4v) is 2.30. The summed E-state index contributed by atoms with van der Waals surface area (Å²) in [6.45, 7) is 8.86. The molecule has 1 saturated heterocycles. The zero-order valence-electron chi connectivity index (χ0n) is 17.1. The molecule has 0 radical (unpaired) electrons. The third-order valence-electron chi connectivity index (χ3n) is 3.47. The van der Waals surface area contributed by atoms with Crippen LogP contribution in [0.15, 0.2) is 29.3 Å². The summed E-state index contributed by atoms with van der Waals surface area (Å²) in [7, 11) is 1.63. The maximum absolute atomic E-state index is 12.2. The van der Waals surface area contributed by atoms with E-state index in [0.717, 1.165) is 12.6 Å². The summed E-state index contributed by atoms with van der Waals surface area (Å²) in [5.74, 6) is -1.49. The van der Waals surface area contributed by atoms with Crippen molar-refractivity contribution in [1.29, 1.82) is 5.41 Å². The van der Waals surface area contributed by atoms with Crippen LogP contribution in [0.1, 0.15) is 50.9 Å². The van der Waals surface area contributed by atoms with Gasteiger partial charge in [0.25, 0.3) is 5.91 Å². The number of para-hydroxylation sites is 1. The van der Waals surface area contributed by atoms with E-state index in [2.05, 4.69) is 4.99 Å². The summed E-state index contributed by atoms with van der Waals surface area (Å²) < 4.78 is 0. The minimum Gasteiger partial charge on any atom is -0.481 e. The van der Waals surface area contributed by atoms with Gasteiger partial charge in [0.05, 0.1) is 11.5 Å². The molecular weight excluding hydrogens is 344 g/mol. The lowest BCUT2D eigenvalue weighted by molar-refractivity contribution is -0.143. The van der Waals surface area contributed by atoms with Gasteiger partial charge in [0.1, 0.15) is 0 Å². The molecule has 1 heterocycles. The molecule has 152 valence electrons. The first-order chi connectivity index (χ1) is 13.0. The van der Waals surface area contributed by atoms with Crippen molar-refractivity contribution in [3.05, 3.63) is 29.8 Å². The van der Waals surface area contributed by atoms with Crippen molar-refractivity contribution < 1.29 is 14.7 Å². The second-order valence-corrected chi connectivity index (χ2v) is 5.09. The van der Waals surface area contributed by atoms with Crippen molar-refractivity contribution >= 4 is 30.0 Å². The second kappa shape index (κ2) is 16.8. The molecule has 2 rings (SSSR count). The predicted molar refractivity (Wildman–Crippen MR) is 113 cm³/mol. The number of aliphatic imine (C=N–C) groups is 1. The Morgan fingerprint density at radius 1 is 1.26 bits per heavy atom. The summed E-state index contributed by atoms with van der Waals surface area (Å²) in [5, 5.41) is 15.3. The maximum Gasteiger partial charge on any atom is 0.308 e. The maximum atomic E-state index is 12.2. The lowest BCUT2D eigenvalue weighted by Crippen LogP contribution is -2.42. The highest BCUT2D eigenvalue weighted by atomic mass is 16.4. The van der Waals surface area contributed by atoms with E-state index in [9.17, 15) is 9.59 Å². The van der Waals surface area contributed by atoms with Crippen molar-refractivity contribution in [1.82, 2.24) is 4.90 Å². The number of nitrogens with two attached hydrogens (primary N) is 1. The number of carbonyl (C=O) groups is 2. The number of nitrogens with zero attached hydrogens (tertiary/aromatic N) is 2. The van der Waals surface area contributed by atoms with Crippen LogP contribution in [0, 0.1) is 11.3 Å². The number of carboxylic acids is 1. The molecule has 0 spiro atoms. The Morgan fingerprint density at radius 3 is 2.30 bits per heavy atom. The van der Waals surface area contributed by atoms with Gasteiger partial charge in [0.15, 0.2) is 0 Å². The molecule has 4 N–H and O–H groups in total. The molecule has 1 aromatic carbocycles. The van der Waals surface area contributed by atoms with E-state index in [1.807, 2.05) is 27.7 Å². The minimum atomic E-state index is -0.839. The highest BCUT2D eigenvalue weighted by Crippen LogP contribution is 2.20. The monoisotopic (exact) mass is 378 g/mol. The smallest absolute Gasteiger partial charge is 0.308 e. The second-order valence-electron chi connectivity index (χ2n) is 5.09. The van der Waals surface area contributed by atoms with Crippen LogP contribution in [0.25, 0.3) is 0 Å². The predicted octanol–water partition coefficient (Wildman–Crippen LogP) is 3.59. The summed E-state index contributed by atoms with van der Waals surface area (Å²) in [4.78, 5) is 28.3. The molecule has 0 aliphatic carbocycles. The zero-order chi connectivity index (χ0) is 21.2. The highest BCUT2D eigenvalue weighted by Gasteiger charge is 2.29. The number of likely N-dealkylation sites (tertiary alicyclic amines) is 1. The normalized spacial score (nSPS) is 15.1. The number of benzene rings is 1. The van der Waals surface area contributed by atoms with Gasteiger partial charge >= 0.3 is 5.97 Å². The number of anilines is 1. The number of rotatable bonds is 3. The van der Waals surface area contributed by atoms with Crippen LogP contribution < -0.4 is 5.73 Å². The first kappa shape index (κ1) is 26.5. The first-order valence-electron chi connectivity index (χ1n) is 9.29. The molecule has 0 saturated carbocycles. The Hall–Kier alpha value is -2.70. The number of hydrogen-bond acceptors (Lipinski definition) is 5. The van der Waals surface area contributed by atoms with E-state index in [0.29, 0.717) is 24.2 Å². The number of carbonyl (C=O) groups excluding carboxylic acids is 1. The summed E-state index contributed by atoms with van der Waals surface area (Å²) in [6, 6.07) is 6.86. The molecule has 1 aliphatic rings. The summed E-state index contributed by atoms with van der Waals surface area (Å²) >= 11 is 0. The Labute approximate surface area is 162 Å². The number of piperidine rings is 1. The number of carboxylic acid groups (broad SMARTS) is 1. The van der Waals surface area contributed by atoms with Crippen molar-refractivity contribution in [2.75, 3.05) is 25.9 Å². The SMILES string of the molecule is CC.CC.CN=CC=N.Nc1ccccc1C(=O)N1CCCC(C(=O)O)C1. The molecule has 0 aromatic heterocycles. The molecular formula is C20H34N4O3. The first-order valence-corrected chi connectivity index (χ1v) is 9.29. The number of aliphatic carboxylic acids is 1. The van der Waals surface area contributed by atoms with Crippen LogP contribution >= 0.6 is 0 Å².